The number of hydrogen-bond donors (Lipinski definition) is 2. The van der Waals surface area contributed by atoms with Crippen molar-refractivity contribution in [1.82, 2.24) is 0 Å². The molecule has 0 aliphatic carbocycles. The first-order chi connectivity index (χ1) is 7.67. The van der Waals surface area contributed by atoms with Crippen molar-refractivity contribution in [3.63, 3.8) is 0 Å². The van der Waals surface area contributed by atoms with E-state index in [1.165, 1.54) is 0 Å². The van der Waals surface area contributed by atoms with E-state index in [9.17, 15) is 0 Å². The van der Waals surface area contributed by atoms with Gasteiger partial charge in [-0.1, -0.05) is 6.92 Å². The molecule has 4 heteroatoms. The number of benzene rings is 1. The third-order valence-corrected chi connectivity index (χ3v) is 2.61. The van der Waals surface area contributed by atoms with Crippen molar-refractivity contribution in [2.24, 2.45) is 5.73 Å². The van der Waals surface area contributed by atoms with Gasteiger partial charge in [-0.15, -0.1) is 0 Å². The summed E-state index contributed by atoms with van der Waals surface area (Å²) in [7, 11) is 3.20. The molecule has 1 atom stereocenters. The van der Waals surface area contributed by atoms with Crippen LogP contribution in [0.3, 0.4) is 0 Å². The summed E-state index contributed by atoms with van der Waals surface area (Å²) in [6.07, 6.45) is 0.846. The highest BCUT2D eigenvalue weighted by Gasteiger charge is 2.15. The first-order valence-electron chi connectivity index (χ1n) is 5.29. The van der Waals surface area contributed by atoms with Crippen LogP contribution in [0.5, 0.6) is 11.5 Å². The predicted molar refractivity (Wildman–Crippen MR) is 62.9 cm³/mol. The van der Waals surface area contributed by atoms with Gasteiger partial charge in [0.05, 0.1) is 26.9 Å². The van der Waals surface area contributed by atoms with Crippen LogP contribution in [-0.4, -0.2) is 25.9 Å². The lowest BCUT2D eigenvalue weighted by molar-refractivity contribution is 0.264. The summed E-state index contributed by atoms with van der Waals surface area (Å²) in [4.78, 5) is 0. The number of rotatable bonds is 5. The van der Waals surface area contributed by atoms with E-state index in [0.29, 0.717) is 5.75 Å². The van der Waals surface area contributed by atoms with Crippen LogP contribution in [0.2, 0.25) is 0 Å². The van der Waals surface area contributed by atoms with Gasteiger partial charge in [0.25, 0.3) is 0 Å². The van der Waals surface area contributed by atoms with Crippen molar-refractivity contribution in [2.45, 2.75) is 19.4 Å². The van der Waals surface area contributed by atoms with E-state index in [1.807, 2.05) is 19.1 Å². The molecular formula is C12H19NO3. The molecule has 0 aliphatic rings. The van der Waals surface area contributed by atoms with Gasteiger partial charge in [0.1, 0.15) is 11.5 Å². The number of hydrogen-bond acceptors (Lipinski definition) is 4. The Morgan fingerprint density at radius 3 is 2.31 bits per heavy atom. The summed E-state index contributed by atoms with van der Waals surface area (Å²) in [5.74, 6) is 1.43. The molecule has 1 aromatic carbocycles. The zero-order valence-electron chi connectivity index (χ0n) is 9.99. The molecule has 0 radical (unpaired) electrons. The van der Waals surface area contributed by atoms with E-state index in [4.69, 9.17) is 20.3 Å². The fourth-order valence-corrected chi connectivity index (χ4v) is 1.66. The minimum Gasteiger partial charge on any atom is -0.496 e. The number of aliphatic hydroxyl groups excluding tert-OH is 1. The molecule has 1 rings (SSSR count). The van der Waals surface area contributed by atoms with Crippen LogP contribution in [0.25, 0.3) is 0 Å². The molecule has 0 bridgehead atoms. The maximum Gasteiger partial charge on any atom is 0.127 e. The van der Waals surface area contributed by atoms with Crippen LogP contribution in [0, 0.1) is 0 Å². The molecule has 0 spiro atoms. The highest BCUT2D eigenvalue weighted by atomic mass is 16.5. The van der Waals surface area contributed by atoms with Gasteiger partial charge >= 0.3 is 0 Å². The number of methoxy groups -OCH3 is 2. The molecule has 0 fully saturated rings. The van der Waals surface area contributed by atoms with Crippen LogP contribution >= 0.6 is 0 Å². The van der Waals surface area contributed by atoms with Crippen LogP contribution in [-0.2, 0) is 6.42 Å². The molecule has 0 amide bonds. The largest absolute Gasteiger partial charge is 0.496 e. The van der Waals surface area contributed by atoms with Gasteiger partial charge in [0.2, 0.25) is 0 Å². The second-order valence-electron chi connectivity index (χ2n) is 3.55. The average molecular weight is 225 g/mol. The first kappa shape index (κ1) is 12.8. The van der Waals surface area contributed by atoms with Crippen molar-refractivity contribution in [1.29, 1.82) is 0 Å². The minimum absolute atomic E-state index is 0.105. The predicted octanol–water partition coefficient (Wildman–Crippen LogP) is 1.26. The lowest BCUT2D eigenvalue weighted by atomic mass is 10.0. The lowest BCUT2D eigenvalue weighted by Gasteiger charge is -2.17. The summed E-state index contributed by atoms with van der Waals surface area (Å²) in [5.41, 5.74) is 7.68. The number of aliphatic hydroxyl groups is 1. The van der Waals surface area contributed by atoms with Crippen LogP contribution < -0.4 is 15.2 Å². The zero-order valence-corrected chi connectivity index (χ0v) is 9.99. The second kappa shape index (κ2) is 5.72. The van der Waals surface area contributed by atoms with Gasteiger partial charge in [-0.2, -0.15) is 0 Å². The minimum atomic E-state index is -0.425. The SMILES string of the molecule is CCc1cc(C(N)CO)c(OC)cc1OC. The Balaban J connectivity index is 3.25. The Labute approximate surface area is 96.0 Å². The number of nitrogens with two attached hydrogens (primary N) is 1. The molecule has 0 aromatic heterocycles. The highest BCUT2D eigenvalue weighted by molar-refractivity contribution is 5.48. The summed E-state index contributed by atoms with van der Waals surface area (Å²) < 4.78 is 10.5. The van der Waals surface area contributed by atoms with Gasteiger partial charge in [0, 0.05) is 11.6 Å². The monoisotopic (exact) mass is 225 g/mol. The average Bonchev–Trinajstić information content (AvgIpc) is 2.35. The van der Waals surface area contributed by atoms with Crippen LogP contribution in [0.1, 0.15) is 24.1 Å². The third kappa shape index (κ3) is 2.46. The van der Waals surface area contributed by atoms with E-state index >= 15 is 0 Å². The summed E-state index contributed by atoms with van der Waals surface area (Å²) in [6, 6.07) is 3.31. The normalized spacial score (nSPS) is 12.3. The van der Waals surface area contributed by atoms with Crippen LogP contribution in [0.15, 0.2) is 12.1 Å². The number of ether oxygens (including phenoxy) is 2. The van der Waals surface area contributed by atoms with Gasteiger partial charge in [0.15, 0.2) is 0 Å². The molecule has 1 aromatic rings. The smallest absolute Gasteiger partial charge is 0.127 e. The van der Waals surface area contributed by atoms with E-state index in [-0.39, 0.29) is 6.61 Å². The van der Waals surface area contributed by atoms with Gasteiger partial charge in [-0.3, -0.25) is 0 Å². The summed E-state index contributed by atoms with van der Waals surface area (Å²) >= 11 is 0. The molecule has 0 aliphatic heterocycles. The Hall–Kier alpha value is -1.26. The topological polar surface area (TPSA) is 64.7 Å². The summed E-state index contributed by atoms with van der Waals surface area (Å²) in [6.45, 7) is 1.93. The van der Waals surface area contributed by atoms with Crippen molar-refractivity contribution < 1.29 is 14.6 Å². The maximum atomic E-state index is 9.09. The third-order valence-electron chi connectivity index (χ3n) is 2.61. The van der Waals surface area contributed by atoms with E-state index in [1.54, 1.807) is 14.2 Å². The van der Waals surface area contributed by atoms with Crippen molar-refractivity contribution >= 4 is 0 Å². The molecule has 0 heterocycles. The fourth-order valence-electron chi connectivity index (χ4n) is 1.66. The van der Waals surface area contributed by atoms with Gasteiger partial charge in [-0.25, -0.2) is 0 Å². The van der Waals surface area contributed by atoms with Crippen molar-refractivity contribution in [2.75, 3.05) is 20.8 Å². The van der Waals surface area contributed by atoms with E-state index in [0.717, 1.165) is 23.3 Å². The Bertz CT molecular complexity index is 352. The second-order valence-corrected chi connectivity index (χ2v) is 3.55. The standard InChI is InChI=1S/C12H19NO3/c1-4-8-5-9(10(13)7-14)12(16-3)6-11(8)15-2/h5-6,10,14H,4,7,13H2,1-3H3. The van der Waals surface area contributed by atoms with E-state index in [2.05, 4.69) is 0 Å². The first-order valence-corrected chi connectivity index (χ1v) is 5.29. The fraction of sp³-hybridized carbons (Fsp3) is 0.500. The molecule has 0 saturated heterocycles. The molecule has 90 valence electrons. The van der Waals surface area contributed by atoms with E-state index < -0.39 is 6.04 Å². The zero-order chi connectivity index (χ0) is 12.1. The molecule has 3 N–H and O–H groups in total. The highest BCUT2D eigenvalue weighted by Crippen LogP contribution is 2.32. The quantitative estimate of drug-likeness (QED) is 0.791. The lowest BCUT2D eigenvalue weighted by Crippen LogP contribution is -2.16. The van der Waals surface area contributed by atoms with Gasteiger partial charge in [-0.05, 0) is 18.1 Å². The van der Waals surface area contributed by atoms with Crippen molar-refractivity contribution in [3.05, 3.63) is 23.3 Å². The molecular weight excluding hydrogens is 206 g/mol. The Morgan fingerprint density at radius 2 is 1.88 bits per heavy atom. The molecule has 0 saturated carbocycles. The molecule has 1 unspecified atom stereocenters. The number of aryl methyl sites for hydroxylation is 1. The maximum absolute atomic E-state index is 9.09. The van der Waals surface area contributed by atoms with Gasteiger partial charge < -0.3 is 20.3 Å². The Kier molecular flexibility index (Phi) is 4.58. The summed E-state index contributed by atoms with van der Waals surface area (Å²) in [5, 5.41) is 9.09. The Morgan fingerprint density at radius 1 is 1.25 bits per heavy atom. The molecule has 16 heavy (non-hydrogen) atoms. The molecule has 4 nitrogen and oxygen atoms in total. The van der Waals surface area contributed by atoms with Crippen molar-refractivity contribution in [3.8, 4) is 11.5 Å². The van der Waals surface area contributed by atoms with Crippen LogP contribution in [0.4, 0.5) is 0 Å².